The van der Waals surface area contributed by atoms with Crippen molar-refractivity contribution >= 4 is 17.5 Å². The summed E-state index contributed by atoms with van der Waals surface area (Å²) in [5.74, 6) is 0.395. The molecule has 0 atom stereocenters. The summed E-state index contributed by atoms with van der Waals surface area (Å²) in [7, 11) is 0. The molecule has 108 valence electrons. The van der Waals surface area contributed by atoms with Crippen LogP contribution >= 0.6 is 0 Å². The van der Waals surface area contributed by atoms with Crippen LogP contribution in [0, 0.1) is 0 Å². The molecule has 2 N–H and O–H groups in total. The summed E-state index contributed by atoms with van der Waals surface area (Å²) in [6, 6.07) is 9.81. The van der Waals surface area contributed by atoms with Crippen LogP contribution in [-0.2, 0) is 0 Å². The Morgan fingerprint density at radius 1 is 1.05 bits per heavy atom. The van der Waals surface area contributed by atoms with E-state index in [0.29, 0.717) is 17.6 Å². The normalized spacial score (nSPS) is 14.9. The van der Waals surface area contributed by atoms with E-state index >= 15 is 0 Å². The largest absolute Gasteiger partial charge is 0.351 e. The number of para-hydroxylation sites is 1. The monoisotopic (exact) mass is 282 g/mol. The van der Waals surface area contributed by atoms with E-state index in [0.717, 1.165) is 5.69 Å². The predicted molar refractivity (Wildman–Crippen MR) is 82.3 cm³/mol. The van der Waals surface area contributed by atoms with Gasteiger partial charge in [-0.15, -0.1) is 0 Å². The van der Waals surface area contributed by atoms with Crippen LogP contribution in [0.2, 0.25) is 0 Å². The second kappa shape index (κ2) is 6.35. The molecular formula is C16H18N4O. The average Bonchev–Trinajstić information content (AvgIpc) is 3.02. The van der Waals surface area contributed by atoms with Crippen LogP contribution in [0.1, 0.15) is 36.0 Å². The third-order valence-corrected chi connectivity index (χ3v) is 3.63. The Labute approximate surface area is 123 Å². The predicted octanol–water partition coefficient (Wildman–Crippen LogP) is 3.08. The molecule has 0 aliphatic heterocycles. The molecule has 1 amide bonds. The van der Waals surface area contributed by atoms with Gasteiger partial charge in [0.2, 0.25) is 5.95 Å². The standard InChI is InChI=1S/C16H18N4O/c21-15(19-13-6-2-1-3-7-13)12-10-17-16(18-11-12)20-14-8-4-5-9-14/h1-3,6-7,10-11,14H,4-5,8-9H2,(H,19,21)(H,17,18,20). The highest BCUT2D eigenvalue weighted by molar-refractivity contribution is 6.03. The minimum absolute atomic E-state index is 0.200. The van der Waals surface area contributed by atoms with E-state index in [1.54, 1.807) is 12.4 Å². The van der Waals surface area contributed by atoms with Crippen LogP contribution in [0.25, 0.3) is 0 Å². The third-order valence-electron chi connectivity index (χ3n) is 3.63. The molecule has 1 aliphatic carbocycles. The van der Waals surface area contributed by atoms with Gasteiger partial charge in [0.15, 0.2) is 0 Å². The van der Waals surface area contributed by atoms with Crippen LogP contribution in [0.15, 0.2) is 42.7 Å². The van der Waals surface area contributed by atoms with E-state index in [9.17, 15) is 4.79 Å². The number of hydrogen-bond acceptors (Lipinski definition) is 4. The average molecular weight is 282 g/mol. The fourth-order valence-electron chi connectivity index (χ4n) is 2.50. The highest BCUT2D eigenvalue weighted by Crippen LogP contribution is 2.20. The Kier molecular flexibility index (Phi) is 4.09. The zero-order valence-corrected chi connectivity index (χ0v) is 11.7. The van der Waals surface area contributed by atoms with Gasteiger partial charge in [-0.1, -0.05) is 31.0 Å². The summed E-state index contributed by atoms with van der Waals surface area (Å²) in [6.07, 6.45) is 7.97. The Hall–Kier alpha value is -2.43. The van der Waals surface area contributed by atoms with Gasteiger partial charge in [0.05, 0.1) is 5.56 Å². The lowest BCUT2D eigenvalue weighted by Gasteiger charge is -2.11. The molecule has 2 aromatic rings. The van der Waals surface area contributed by atoms with Crippen molar-refractivity contribution in [3.63, 3.8) is 0 Å². The van der Waals surface area contributed by atoms with E-state index in [-0.39, 0.29) is 5.91 Å². The van der Waals surface area contributed by atoms with Gasteiger partial charge in [0.25, 0.3) is 5.91 Å². The highest BCUT2D eigenvalue weighted by atomic mass is 16.1. The van der Waals surface area contributed by atoms with Crippen LogP contribution < -0.4 is 10.6 Å². The van der Waals surface area contributed by atoms with Crippen molar-refractivity contribution in [2.75, 3.05) is 10.6 Å². The van der Waals surface area contributed by atoms with Crippen molar-refractivity contribution in [1.82, 2.24) is 9.97 Å². The molecule has 1 aliphatic rings. The summed E-state index contributed by atoms with van der Waals surface area (Å²) >= 11 is 0. The number of hydrogen-bond donors (Lipinski definition) is 2. The maximum Gasteiger partial charge on any atom is 0.258 e. The van der Waals surface area contributed by atoms with Crippen LogP contribution in [0.5, 0.6) is 0 Å². The lowest BCUT2D eigenvalue weighted by Crippen LogP contribution is -2.18. The maximum absolute atomic E-state index is 12.1. The second-order valence-corrected chi connectivity index (χ2v) is 5.24. The molecule has 5 heteroatoms. The van der Waals surface area contributed by atoms with E-state index in [1.807, 2.05) is 30.3 Å². The number of nitrogens with one attached hydrogen (secondary N) is 2. The minimum atomic E-state index is -0.200. The van der Waals surface area contributed by atoms with Gasteiger partial charge in [0.1, 0.15) is 0 Å². The quantitative estimate of drug-likeness (QED) is 0.904. The fourth-order valence-corrected chi connectivity index (χ4v) is 2.50. The maximum atomic E-state index is 12.1. The molecule has 0 spiro atoms. The third kappa shape index (κ3) is 3.56. The van der Waals surface area contributed by atoms with E-state index in [2.05, 4.69) is 20.6 Å². The van der Waals surface area contributed by atoms with Gasteiger partial charge in [-0.2, -0.15) is 0 Å². The van der Waals surface area contributed by atoms with Gasteiger partial charge in [-0.25, -0.2) is 9.97 Å². The molecule has 1 fully saturated rings. The summed E-state index contributed by atoms with van der Waals surface area (Å²) in [6.45, 7) is 0. The van der Waals surface area contributed by atoms with Gasteiger partial charge in [-0.05, 0) is 25.0 Å². The smallest absolute Gasteiger partial charge is 0.258 e. The number of anilines is 2. The van der Waals surface area contributed by atoms with Gasteiger partial charge < -0.3 is 10.6 Å². The number of rotatable bonds is 4. The lowest BCUT2D eigenvalue weighted by molar-refractivity contribution is 0.102. The molecule has 1 aromatic heterocycles. The van der Waals surface area contributed by atoms with Crippen LogP contribution in [-0.4, -0.2) is 21.9 Å². The first-order chi connectivity index (χ1) is 10.3. The molecule has 1 aromatic carbocycles. The van der Waals surface area contributed by atoms with Gasteiger partial charge >= 0.3 is 0 Å². The molecule has 21 heavy (non-hydrogen) atoms. The van der Waals surface area contributed by atoms with E-state index in [4.69, 9.17) is 0 Å². The number of nitrogens with zero attached hydrogens (tertiary/aromatic N) is 2. The number of carbonyl (C=O) groups excluding carboxylic acids is 1. The summed E-state index contributed by atoms with van der Waals surface area (Å²) in [5, 5.41) is 6.11. The van der Waals surface area contributed by atoms with Crippen LogP contribution in [0.4, 0.5) is 11.6 Å². The van der Waals surface area contributed by atoms with Crippen molar-refractivity contribution in [3.8, 4) is 0 Å². The molecule has 1 saturated carbocycles. The van der Waals surface area contributed by atoms with Crippen molar-refractivity contribution in [3.05, 3.63) is 48.3 Å². The van der Waals surface area contributed by atoms with E-state index < -0.39 is 0 Å². The first-order valence-electron chi connectivity index (χ1n) is 7.26. The Morgan fingerprint density at radius 3 is 2.38 bits per heavy atom. The molecule has 0 bridgehead atoms. The van der Waals surface area contributed by atoms with Crippen molar-refractivity contribution in [2.45, 2.75) is 31.7 Å². The van der Waals surface area contributed by atoms with Crippen molar-refractivity contribution in [2.24, 2.45) is 0 Å². The molecule has 0 radical (unpaired) electrons. The zero-order chi connectivity index (χ0) is 14.5. The van der Waals surface area contributed by atoms with Crippen molar-refractivity contribution < 1.29 is 4.79 Å². The Bertz CT molecular complexity index is 591. The van der Waals surface area contributed by atoms with Crippen LogP contribution in [0.3, 0.4) is 0 Å². The first kappa shape index (κ1) is 13.5. The molecule has 3 rings (SSSR count). The minimum Gasteiger partial charge on any atom is -0.351 e. The van der Waals surface area contributed by atoms with Gasteiger partial charge in [-0.3, -0.25) is 4.79 Å². The summed E-state index contributed by atoms with van der Waals surface area (Å²) in [5.41, 5.74) is 1.21. The number of aromatic nitrogens is 2. The highest BCUT2D eigenvalue weighted by Gasteiger charge is 2.15. The number of carbonyl (C=O) groups is 1. The van der Waals surface area contributed by atoms with Crippen molar-refractivity contribution in [1.29, 1.82) is 0 Å². The summed E-state index contributed by atoms with van der Waals surface area (Å²) < 4.78 is 0. The molecule has 0 saturated heterocycles. The van der Waals surface area contributed by atoms with E-state index in [1.165, 1.54) is 25.7 Å². The van der Waals surface area contributed by atoms with Gasteiger partial charge in [0, 0.05) is 24.1 Å². The molecule has 1 heterocycles. The number of amides is 1. The zero-order valence-electron chi connectivity index (χ0n) is 11.7. The Morgan fingerprint density at radius 2 is 1.71 bits per heavy atom. The lowest BCUT2D eigenvalue weighted by atomic mass is 10.2. The Balaban J connectivity index is 1.62. The fraction of sp³-hybridized carbons (Fsp3) is 0.312. The number of benzene rings is 1. The SMILES string of the molecule is O=C(Nc1ccccc1)c1cnc(NC2CCCC2)nc1. The molecular weight excluding hydrogens is 264 g/mol. The topological polar surface area (TPSA) is 66.9 Å². The summed E-state index contributed by atoms with van der Waals surface area (Å²) in [4.78, 5) is 20.5. The molecule has 0 unspecified atom stereocenters. The second-order valence-electron chi connectivity index (χ2n) is 5.24. The first-order valence-corrected chi connectivity index (χ1v) is 7.26. The molecule has 5 nitrogen and oxygen atoms in total.